The molecule has 0 spiro atoms. The lowest BCUT2D eigenvalue weighted by molar-refractivity contribution is 0.415. The summed E-state index contributed by atoms with van der Waals surface area (Å²) < 4.78 is 5.06. The summed E-state index contributed by atoms with van der Waals surface area (Å²) in [6.45, 7) is 4.65. The number of nitrogens with two attached hydrogens (primary N) is 1. The van der Waals surface area contributed by atoms with Crippen molar-refractivity contribution in [3.05, 3.63) is 41.4 Å². The van der Waals surface area contributed by atoms with Crippen LogP contribution in [0.1, 0.15) is 5.56 Å². The van der Waals surface area contributed by atoms with Crippen molar-refractivity contribution in [1.82, 2.24) is 5.32 Å². The van der Waals surface area contributed by atoms with E-state index < -0.39 is 0 Å². The Balaban J connectivity index is 2.63. The molecule has 17 heavy (non-hydrogen) atoms. The van der Waals surface area contributed by atoms with E-state index in [1.165, 1.54) is 0 Å². The largest absolute Gasteiger partial charge is 0.495 e. The highest BCUT2D eigenvalue weighted by molar-refractivity contribution is 6.32. The summed E-state index contributed by atoms with van der Waals surface area (Å²) in [7, 11) is 1.58. The van der Waals surface area contributed by atoms with Gasteiger partial charge in [-0.25, -0.2) is 4.99 Å². The Morgan fingerprint density at radius 1 is 1.65 bits per heavy atom. The minimum absolute atomic E-state index is 0.386. The first-order valence-electron chi connectivity index (χ1n) is 5.14. The van der Waals surface area contributed by atoms with Gasteiger partial charge in [-0.1, -0.05) is 23.7 Å². The second-order valence-electron chi connectivity index (χ2n) is 3.34. The van der Waals surface area contributed by atoms with E-state index in [0.29, 0.717) is 29.8 Å². The molecular weight excluding hydrogens is 238 g/mol. The van der Waals surface area contributed by atoms with Crippen LogP contribution in [-0.2, 0) is 6.54 Å². The maximum Gasteiger partial charge on any atom is 0.189 e. The highest BCUT2D eigenvalue weighted by Gasteiger charge is 2.01. The number of benzene rings is 1. The van der Waals surface area contributed by atoms with Crippen molar-refractivity contribution in [2.75, 3.05) is 13.7 Å². The summed E-state index contributed by atoms with van der Waals surface area (Å²) in [6.07, 6.45) is 1.71. The van der Waals surface area contributed by atoms with E-state index >= 15 is 0 Å². The average Bonchev–Trinajstić information content (AvgIpc) is 2.34. The van der Waals surface area contributed by atoms with Crippen molar-refractivity contribution >= 4 is 17.6 Å². The van der Waals surface area contributed by atoms with Crippen LogP contribution in [0.25, 0.3) is 0 Å². The number of hydrogen-bond donors (Lipinski definition) is 2. The van der Waals surface area contributed by atoms with Gasteiger partial charge in [0.05, 0.1) is 18.7 Å². The SMILES string of the molecule is C=CCNC(N)=NCc1ccc(OC)c(Cl)c1. The van der Waals surface area contributed by atoms with E-state index in [0.717, 1.165) is 5.56 Å². The summed E-state index contributed by atoms with van der Waals surface area (Å²) in [4.78, 5) is 4.16. The zero-order valence-corrected chi connectivity index (χ0v) is 10.5. The van der Waals surface area contributed by atoms with Gasteiger partial charge in [-0.3, -0.25) is 0 Å². The minimum atomic E-state index is 0.386. The molecule has 4 nitrogen and oxygen atoms in total. The van der Waals surface area contributed by atoms with Gasteiger partial charge < -0.3 is 15.8 Å². The number of rotatable bonds is 5. The number of nitrogens with zero attached hydrogens (tertiary/aromatic N) is 1. The lowest BCUT2D eigenvalue weighted by atomic mass is 10.2. The summed E-state index contributed by atoms with van der Waals surface area (Å²) in [5.74, 6) is 1.04. The fourth-order valence-corrected chi connectivity index (χ4v) is 1.50. The van der Waals surface area contributed by atoms with Crippen LogP contribution in [0.3, 0.4) is 0 Å². The Bertz CT molecular complexity index is 418. The standard InChI is InChI=1S/C12H16ClN3O/c1-3-6-15-12(14)16-8-9-4-5-11(17-2)10(13)7-9/h3-5,7H,1,6,8H2,2H3,(H3,14,15,16). The predicted molar refractivity (Wildman–Crippen MR) is 71.5 cm³/mol. The van der Waals surface area contributed by atoms with Gasteiger partial charge in [0.1, 0.15) is 5.75 Å². The van der Waals surface area contributed by atoms with Crippen LogP contribution in [0.15, 0.2) is 35.8 Å². The van der Waals surface area contributed by atoms with Gasteiger partial charge in [0.2, 0.25) is 0 Å². The minimum Gasteiger partial charge on any atom is -0.495 e. The number of guanidine groups is 1. The Morgan fingerprint density at radius 2 is 2.41 bits per heavy atom. The Hall–Kier alpha value is -1.68. The van der Waals surface area contributed by atoms with Crippen molar-refractivity contribution < 1.29 is 4.74 Å². The van der Waals surface area contributed by atoms with Gasteiger partial charge in [0.15, 0.2) is 5.96 Å². The van der Waals surface area contributed by atoms with Gasteiger partial charge >= 0.3 is 0 Å². The molecule has 0 radical (unpaired) electrons. The Morgan fingerprint density at radius 3 is 3.00 bits per heavy atom. The number of aliphatic imine (C=N–C) groups is 1. The number of ether oxygens (including phenoxy) is 1. The third-order valence-electron chi connectivity index (χ3n) is 2.08. The molecule has 1 aromatic rings. The van der Waals surface area contributed by atoms with Crippen LogP contribution in [-0.4, -0.2) is 19.6 Å². The van der Waals surface area contributed by atoms with E-state index in [-0.39, 0.29) is 0 Å². The predicted octanol–water partition coefficient (Wildman–Crippen LogP) is 1.94. The van der Waals surface area contributed by atoms with Crippen molar-refractivity contribution in [2.45, 2.75) is 6.54 Å². The number of hydrogen-bond acceptors (Lipinski definition) is 2. The molecule has 0 aliphatic rings. The highest BCUT2D eigenvalue weighted by Crippen LogP contribution is 2.25. The molecule has 0 atom stereocenters. The topological polar surface area (TPSA) is 59.6 Å². The molecule has 0 amide bonds. The Kier molecular flexibility index (Phi) is 5.36. The summed E-state index contributed by atoms with van der Waals surface area (Å²) in [6, 6.07) is 5.51. The van der Waals surface area contributed by atoms with E-state index in [1.807, 2.05) is 12.1 Å². The van der Waals surface area contributed by atoms with Crippen molar-refractivity contribution in [3.8, 4) is 5.75 Å². The second kappa shape index (κ2) is 6.81. The molecule has 5 heteroatoms. The monoisotopic (exact) mass is 253 g/mol. The van der Waals surface area contributed by atoms with E-state index in [4.69, 9.17) is 22.1 Å². The molecule has 0 saturated heterocycles. The highest BCUT2D eigenvalue weighted by atomic mass is 35.5. The number of nitrogens with one attached hydrogen (secondary N) is 1. The van der Waals surface area contributed by atoms with Crippen molar-refractivity contribution in [3.63, 3.8) is 0 Å². The third-order valence-corrected chi connectivity index (χ3v) is 2.37. The van der Waals surface area contributed by atoms with Crippen LogP contribution in [0.2, 0.25) is 5.02 Å². The first-order valence-corrected chi connectivity index (χ1v) is 5.52. The maximum atomic E-state index is 5.99. The molecule has 1 rings (SSSR count). The molecule has 0 heterocycles. The molecule has 0 unspecified atom stereocenters. The molecule has 92 valence electrons. The van der Waals surface area contributed by atoms with Crippen LogP contribution in [0.5, 0.6) is 5.75 Å². The zero-order valence-electron chi connectivity index (χ0n) is 9.74. The van der Waals surface area contributed by atoms with Crippen molar-refractivity contribution in [1.29, 1.82) is 0 Å². The summed E-state index contributed by atoms with van der Waals surface area (Å²) in [5.41, 5.74) is 6.61. The van der Waals surface area contributed by atoms with Gasteiger partial charge in [0.25, 0.3) is 0 Å². The molecular formula is C12H16ClN3O. The van der Waals surface area contributed by atoms with Crippen LogP contribution < -0.4 is 15.8 Å². The normalized spacial score (nSPS) is 11.1. The van der Waals surface area contributed by atoms with Crippen LogP contribution in [0.4, 0.5) is 0 Å². The molecule has 0 bridgehead atoms. The molecule has 1 aromatic carbocycles. The quantitative estimate of drug-likeness (QED) is 0.479. The molecule has 3 N–H and O–H groups in total. The summed E-state index contributed by atoms with van der Waals surface area (Å²) in [5, 5.41) is 3.46. The lowest BCUT2D eigenvalue weighted by Gasteiger charge is -2.05. The van der Waals surface area contributed by atoms with Gasteiger partial charge in [-0.05, 0) is 17.7 Å². The van der Waals surface area contributed by atoms with Crippen LogP contribution >= 0.6 is 11.6 Å². The van der Waals surface area contributed by atoms with E-state index in [9.17, 15) is 0 Å². The second-order valence-corrected chi connectivity index (χ2v) is 3.75. The molecule has 0 aliphatic heterocycles. The van der Waals surface area contributed by atoms with E-state index in [1.54, 1.807) is 19.3 Å². The first-order chi connectivity index (χ1) is 8.17. The lowest BCUT2D eigenvalue weighted by Crippen LogP contribution is -2.31. The maximum absolute atomic E-state index is 5.99. The Labute approximate surface area is 106 Å². The fraction of sp³-hybridized carbons (Fsp3) is 0.250. The average molecular weight is 254 g/mol. The van der Waals surface area contributed by atoms with Crippen molar-refractivity contribution in [2.24, 2.45) is 10.7 Å². The number of methoxy groups -OCH3 is 1. The summed E-state index contributed by atoms with van der Waals surface area (Å²) >= 11 is 5.99. The fourth-order valence-electron chi connectivity index (χ4n) is 1.22. The zero-order chi connectivity index (χ0) is 12.7. The molecule has 0 fully saturated rings. The molecule has 0 aliphatic carbocycles. The van der Waals surface area contributed by atoms with Gasteiger partial charge in [0, 0.05) is 6.54 Å². The smallest absolute Gasteiger partial charge is 0.189 e. The molecule has 0 aromatic heterocycles. The van der Waals surface area contributed by atoms with E-state index in [2.05, 4.69) is 16.9 Å². The molecule has 0 saturated carbocycles. The first kappa shape index (κ1) is 13.4. The van der Waals surface area contributed by atoms with Gasteiger partial charge in [-0.2, -0.15) is 0 Å². The van der Waals surface area contributed by atoms with Crippen LogP contribution in [0, 0.1) is 0 Å². The number of halogens is 1. The van der Waals surface area contributed by atoms with Gasteiger partial charge in [-0.15, -0.1) is 6.58 Å². The third kappa shape index (κ3) is 4.36.